The number of fused-ring (bicyclic) bond motifs is 2. The van der Waals surface area contributed by atoms with E-state index in [1.165, 1.54) is 4.31 Å². The molecule has 2 aliphatic heterocycles. The molecule has 3 aliphatic rings. The molecular weight excluding hydrogens is 262 g/mol. The molecule has 2 bridgehead atoms. The number of Topliss-reactive ketones (excluding diaryl/α,β-unsaturated/α-hetero) is 1. The standard InChI is InChI=1S/C14H17NO3S/c1-10-3-5-12(6-4-10)19(17,18)15-8-7-11-9-14(15,2)13(11)16/h3-6,11H,7-9H2,1-2H3. The van der Waals surface area contributed by atoms with Crippen molar-refractivity contribution in [1.29, 1.82) is 0 Å². The number of rotatable bonds is 2. The van der Waals surface area contributed by atoms with Crippen molar-refractivity contribution in [2.45, 2.75) is 37.1 Å². The highest BCUT2D eigenvalue weighted by Crippen LogP contribution is 2.47. The Kier molecular flexibility index (Phi) is 2.63. The van der Waals surface area contributed by atoms with Gasteiger partial charge >= 0.3 is 0 Å². The Balaban J connectivity index is 2.01. The smallest absolute Gasteiger partial charge is 0.243 e. The molecule has 5 heteroatoms. The predicted molar refractivity (Wildman–Crippen MR) is 71.2 cm³/mol. The van der Waals surface area contributed by atoms with Crippen molar-refractivity contribution in [2.75, 3.05) is 6.54 Å². The van der Waals surface area contributed by atoms with Crippen LogP contribution in [0.15, 0.2) is 29.2 Å². The fraction of sp³-hybridized carbons (Fsp3) is 0.500. The Hall–Kier alpha value is -1.20. The number of carbonyl (C=O) groups excluding carboxylic acids is 1. The van der Waals surface area contributed by atoms with Crippen LogP contribution < -0.4 is 0 Å². The summed E-state index contributed by atoms with van der Waals surface area (Å²) in [5, 5.41) is 0. The number of sulfonamides is 1. The number of nitrogens with zero attached hydrogens (tertiary/aromatic N) is 1. The van der Waals surface area contributed by atoms with Crippen LogP contribution in [0.4, 0.5) is 0 Å². The maximum absolute atomic E-state index is 12.7. The molecule has 1 aromatic rings. The Bertz CT molecular complexity index is 635. The van der Waals surface area contributed by atoms with Gasteiger partial charge in [0.1, 0.15) is 0 Å². The molecule has 3 fully saturated rings. The van der Waals surface area contributed by atoms with E-state index in [-0.39, 0.29) is 16.6 Å². The Morgan fingerprint density at radius 2 is 1.89 bits per heavy atom. The van der Waals surface area contributed by atoms with Crippen molar-refractivity contribution < 1.29 is 13.2 Å². The highest BCUT2D eigenvalue weighted by Gasteiger charge is 2.60. The van der Waals surface area contributed by atoms with E-state index in [4.69, 9.17) is 0 Å². The molecule has 0 spiro atoms. The molecule has 1 saturated carbocycles. The van der Waals surface area contributed by atoms with Gasteiger partial charge < -0.3 is 0 Å². The van der Waals surface area contributed by atoms with E-state index < -0.39 is 15.6 Å². The minimum Gasteiger partial charge on any atom is -0.297 e. The minimum atomic E-state index is -3.57. The summed E-state index contributed by atoms with van der Waals surface area (Å²) in [4.78, 5) is 12.3. The van der Waals surface area contributed by atoms with Gasteiger partial charge in [-0.3, -0.25) is 4.79 Å². The summed E-state index contributed by atoms with van der Waals surface area (Å²) >= 11 is 0. The van der Waals surface area contributed by atoms with Gasteiger partial charge in [-0.05, 0) is 38.8 Å². The molecule has 1 aliphatic carbocycles. The van der Waals surface area contributed by atoms with Gasteiger partial charge in [0.15, 0.2) is 5.78 Å². The lowest BCUT2D eigenvalue weighted by Gasteiger charge is -2.54. The second-order valence-corrected chi connectivity index (χ2v) is 7.58. The molecule has 102 valence electrons. The van der Waals surface area contributed by atoms with Crippen molar-refractivity contribution in [3.8, 4) is 0 Å². The molecule has 0 N–H and O–H groups in total. The average molecular weight is 279 g/mol. The normalized spacial score (nSPS) is 31.1. The van der Waals surface area contributed by atoms with Crippen LogP contribution in [-0.2, 0) is 14.8 Å². The van der Waals surface area contributed by atoms with Gasteiger partial charge in [0.25, 0.3) is 0 Å². The second kappa shape index (κ2) is 3.90. The molecule has 1 aromatic carbocycles. The third kappa shape index (κ3) is 1.68. The first kappa shape index (κ1) is 12.8. The number of piperidine rings is 2. The summed E-state index contributed by atoms with van der Waals surface area (Å²) in [6.45, 7) is 4.11. The maximum atomic E-state index is 12.7. The van der Waals surface area contributed by atoms with Gasteiger partial charge in [-0.1, -0.05) is 17.7 Å². The first-order valence-electron chi connectivity index (χ1n) is 6.49. The zero-order valence-corrected chi connectivity index (χ0v) is 11.9. The molecule has 19 heavy (non-hydrogen) atoms. The van der Waals surface area contributed by atoms with Gasteiger partial charge in [-0.2, -0.15) is 4.31 Å². The van der Waals surface area contributed by atoms with E-state index in [2.05, 4.69) is 0 Å². The molecule has 0 radical (unpaired) electrons. The highest BCUT2D eigenvalue weighted by atomic mass is 32.2. The highest BCUT2D eigenvalue weighted by molar-refractivity contribution is 7.89. The van der Waals surface area contributed by atoms with Gasteiger partial charge in [-0.15, -0.1) is 0 Å². The van der Waals surface area contributed by atoms with Crippen LogP contribution in [-0.4, -0.2) is 30.6 Å². The Morgan fingerprint density at radius 3 is 2.47 bits per heavy atom. The molecule has 2 atom stereocenters. The largest absolute Gasteiger partial charge is 0.297 e. The molecule has 4 rings (SSSR count). The van der Waals surface area contributed by atoms with Crippen LogP contribution >= 0.6 is 0 Å². The number of hydrogen-bond acceptors (Lipinski definition) is 3. The molecule has 4 nitrogen and oxygen atoms in total. The zero-order valence-electron chi connectivity index (χ0n) is 11.1. The minimum absolute atomic E-state index is 0.0782. The SMILES string of the molecule is Cc1ccc(S(=O)(=O)N2CCC3CC2(C)C3=O)cc1. The number of benzene rings is 1. The fourth-order valence-electron chi connectivity index (χ4n) is 3.18. The van der Waals surface area contributed by atoms with Crippen LogP contribution in [0.5, 0.6) is 0 Å². The average Bonchev–Trinajstić information content (AvgIpc) is 2.38. The number of ketones is 1. The summed E-state index contributed by atoms with van der Waals surface area (Å²) in [5.74, 6) is 0.156. The monoisotopic (exact) mass is 279 g/mol. The second-order valence-electron chi connectivity index (χ2n) is 5.72. The van der Waals surface area contributed by atoms with Crippen LogP contribution in [0.2, 0.25) is 0 Å². The van der Waals surface area contributed by atoms with Crippen LogP contribution in [0.1, 0.15) is 25.3 Å². The van der Waals surface area contributed by atoms with E-state index in [9.17, 15) is 13.2 Å². The quantitative estimate of drug-likeness (QED) is 0.828. The molecule has 0 amide bonds. The van der Waals surface area contributed by atoms with Crippen LogP contribution in [0.25, 0.3) is 0 Å². The van der Waals surface area contributed by atoms with Gasteiger partial charge in [0.2, 0.25) is 10.0 Å². The molecular formula is C14H17NO3S. The summed E-state index contributed by atoms with van der Waals surface area (Å²) in [6, 6.07) is 6.79. The number of aryl methyl sites for hydroxylation is 1. The summed E-state index contributed by atoms with van der Waals surface area (Å²) in [5.41, 5.74) is 0.204. The molecule has 0 aromatic heterocycles. The lowest BCUT2D eigenvalue weighted by atomic mass is 9.64. The van der Waals surface area contributed by atoms with Crippen molar-refractivity contribution in [3.05, 3.63) is 29.8 Å². The molecule has 2 heterocycles. The van der Waals surface area contributed by atoms with E-state index in [1.54, 1.807) is 31.2 Å². The van der Waals surface area contributed by atoms with Crippen molar-refractivity contribution in [3.63, 3.8) is 0 Å². The van der Waals surface area contributed by atoms with E-state index in [1.807, 2.05) is 6.92 Å². The lowest BCUT2D eigenvalue weighted by Crippen LogP contribution is -2.69. The number of hydrogen-bond donors (Lipinski definition) is 0. The fourth-order valence-corrected chi connectivity index (χ4v) is 4.96. The summed E-state index contributed by atoms with van der Waals surface area (Å²) in [6.07, 6.45) is 1.32. The topological polar surface area (TPSA) is 54.5 Å². The first-order chi connectivity index (χ1) is 8.85. The van der Waals surface area contributed by atoms with Crippen molar-refractivity contribution in [2.24, 2.45) is 5.92 Å². The van der Waals surface area contributed by atoms with Gasteiger partial charge in [0.05, 0.1) is 10.4 Å². The van der Waals surface area contributed by atoms with E-state index in [0.29, 0.717) is 19.4 Å². The molecule has 2 saturated heterocycles. The van der Waals surface area contributed by atoms with Crippen LogP contribution in [0.3, 0.4) is 0 Å². The predicted octanol–water partition coefficient (Wildman–Crippen LogP) is 1.74. The summed E-state index contributed by atoms with van der Waals surface area (Å²) in [7, 11) is -3.57. The number of carbonyl (C=O) groups is 1. The molecule has 2 unspecified atom stereocenters. The van der Waals surface area contributed by atoms with Gasteiger partial charge in [-0.25, -0.2) is 8.42 Å². The van der Waals surface area contributed by atoms with Gasteiger partial charge in [0, 0.05) is 12.5 Å². The summed E-state index contributed by atoms with van der Waals surface area (Å²) < 4.78 is 26.7. The maximum Gasteiger partial charge on any atom is 0.243 e. The van der Waals surface area contributed by atoms with Crippen molar-refractivity contribution in [1.82, 2.24) is 4.31 Å². The third-order valence-corrected chi connectivity index (χ3v) is 6.42. The van der Waals surface area contributed by atoms with E-state index in [0.717, 1.165) is 5.56 Å². The third-order valence-electron chi connectivity index (χ3n) is 4.39. The van der Waals surface area contributed by atoms with Crippen molar-refractivity contribution >= 4 is 15.8 Å². The van der Waals surface area contributed by atoms with Crippen LogP contribution in [0, 0.1) is 12.8 Å². The first-order valence-corrected chi connectivity index (χ1v) is 7.93. The zero-order chi connectivity index (χ0) is 13.8. The lowest BCUT2D eigenvalue weighted by molar-refractivity contribution is -0.150. The van der Waals surface area contributed by atoms with E-state index >= 15 is 0 Å². The Labute approximate surface area is 113 Å². The Morgan fingerprint density at radius 1 is 1.26 bits per heavy atom.